The lowest BCUT2D eigenvalue weighted by molar-refractivity contribution is -0.173. The molecule has 0 aromatic heterocycles. The molecule has 1 unspecified atom stereocenters. The van der Waals surface area contributed by atoms with Gasteiger partial charge in [-0.05, 0) is 6.08 Å². The molecule has 2 heterocycles. The first-order valence-electron chi connectivity index (χ1n) is 5.00. The Labute approximate surface area is 108 Å². The number of hydrogen-bond donors (Lipinski definition) is 2. The van der Waals surface area contributed by atoms with Gasteiger partial charge in [-0.15, -0.1) is 11.8 Å². The highest BCUT2D eigenvalue weighted by molar-refractivity contribution is 8.00. The third kappa shape index (κ3) is 2.53. The standard InChI is InChI=1S/C9H7F3N2O4S/c10-9(11,12)8(18)13-4-1-3(7(16)17)14-5(15)2-6(14)19-4/h1,4,6H,2H2,(H,13,18)(H,16,17)/t4?,6-/m1/s1. The van der Waals surface area contributed by atoms with E-state index in [2.05, 4.69) is 0 Å². The van der Waals surface area contributed by atoms with Crippen LogP contribution in [0.4, 0.5) is 13.2 Å². The SMILES string of the molecule is O=C(O)C1=CC(NC(=O)C(F)(F)F)S[C@@H]2CC(=O)N12. The Hall–Kier alpha value is -1.71. The van der Waals surface area contributed by atoms with Gasteiger partial charge in [0, 0.05) is 0 Å². The zero-order valence-corrected chi connectivity index (χ0v) is 9.92. The molecule has 10 heteroatoms. The lowest BCUT2D eigenvalue weighted by Gasteiger charge is -2.44. The first kappa shape index (κ1) is 13.7. The molecule has 1 fully saturated rings. The quantitative estimate of drug-likeness (QED) is 0.714. The van der Waals surface area contributed by atoms with E-state index in [1.807, 2.05) is 0 Å². The van der Waals surface area contributed by atoms with Crippen LogP contribution in [0.5, 0.6) is 0 Å². The maximum atomic E-state index is 12.1. The average Bonchev–Trinajstić information content (AvgIpc) is 2.25. The van der Waals surface area contributed by atoms with Gasteiger partial charge in [-0.2, -0.15) is 13.2 Å². The number of fused-ring (bicyclic) bond motifs is 1. The number of rotatable bonds is 2. The summed E-state index contributed by atoms with van der Waals surface area (Å²) in [4.78, 5) is 33.9. The molecule has 2 amide bonds. The number of nitrogens with one attached hydrogen (secondary N) is 1. The van der Waals surface area contributed by atoms with Crippen LogP contribution in [0.2, 0.25) is 0 Å². The number of halogens is 3. The molecule has 0 bridgehead atoms. The molecule has 0 saturated carbocycles. The van der Waals surface area contributed by atoms with E-state index in [0.29, 0.717) is 0 Å². The molecule has 6 nitrogen and oxygen atoms in total. The number of hydrogen-bond acceptors (Lipinski definition) is 4. The molecule has 0 spiro atoms. The van der Waals surface area contributed by atoms with Crippen LogP contribution in [0.15, 0.2) is 11.8 Å². The summed E-state index contributed by atoms with van der Waals surface area (Å²) in [6, 6.07) is 0. The zero-order chi connectivity index (χ0) is 14.4. The van der Waals surface area contributed by atoms with Crippen molar-refractivity contribution >= 4 is 29.5 Å². The molecule has 0 aliphatic carbocycles. The maximum Gasteiger partial charge on any atom is 0.471 e. The average molecular weight is 296 g/mol. The monoisotopic (exact) mass is 296 g/mol. The predicted octanol–water partition coefficient (Wildman–Crippen LogP) is 0.265. The number of alkyl halides is 3. The largest absolute Gasteiger partial charge is 0.477 e. The molecule has 2 atom stereocenters. The first-order valence-corrected chi connectivity index (χ1v) is 5.95. The van der Waals surface area contributed by atoms with E-state index < -0.39 is 40.4 Å². The van der Waals surface area contributed by atoms with Crippen LogP contribution < -0.4 is 5.32 Å². The van der Waals surface area contributed by atoms with Crippen molar-refractivity contribution in [2.24, 2.45) is 0 Å². The van der Waals surface area contributed by atoms with E-state index in [4.69, 9.17) is 5.11 Å². The second kappa shape index (κ2) is 4.44. The summed E-state index contributed by atoms with van der Waals surface area (Å²) in [5.41, 5.74) is -0.410. The van der Waals surface area contributed by atoms with Crippen molar-refractivity contribution in [3.8, 4) is 0 Å². The molecule has 0 aromatic rings. The number of aliphatic carboxylic acids is 1. The summed E-state index contributed by atoms with van der Waals surface area (Å²) >= 11 is 0.884. The van der Waals surface area contributed by atoms with E-state index >= 15 is 0 Å². The number of amides is 2. The molecule has 2 rings (SSSR count). The Morgan fingerprint density at radius 3 is 2.58 bits per heavy atom. The van der Waals surface area contributed by atoms with Gasteiger partial charge in [0.15, 0.2) is 0 Å². The molecule has 104 valence electrons. The highest BCUT2D eigenvalue weighted by atomic mass is 32.2. The van der Waals surface area contributed by atoms with Crippen molar-refractivity contribution in [2.45, 2.75) is 23.3 Å². The third-order valence-corrected chi connectivity index (χ3v) is 3.77. The summed E-state index contributed by atoms with van der Waals surface area (Å²) in [5.74, 6) is -3.98. The van der Waals surface area contributed by atoms with Crippen molar-refractivity contribution in [2.75, 3.05) is 0 Å². The van der Waals surface area contributed by atoms with Crippen molar-refractivity contribution in [3.05, 3.63) is 11.8 Å². The number of thioether (sulfide) groups is 1. The molecule has 2 N–H and O–H groups in total. The Bertz CT molecular complexity index is 490. The van der Waals surface area contributed by atoms with E-state index in [1.165, 1.54) is 0 Å². The molecule has 2 aliphatic rings. The molecule has 0 aromatic carbocycles. The van der Waals surface area contributed by atoms with Crippen molar-refractivity contribution in [3.63, 3.8) is 0 Å². The number of carboxylic acid groups (broad SMARTS) is 1. The van der Waals surface area contributed by atoms with Crippen LogP contribution in [0, 0.1) is 0 Å². The van der Waals surface area contributed by atoms with E-state index in [-0.39, 0.29) is 6.42 Å². The summed E-state index contributed by atoms with van der Waals surface area (Å²) < 4.78 is 36.3. The van der Waals surface area contributed by atoms with Crippen LogP contribution in [-0.4, -0.2) is 44.7 Å². The summed E-state index contributed by atoms with van der Waals surface area (Å²) in [7, 11) is 0. The van der Waals surface area contributed by atoms with E-state index in [9.17, 15) is 27.6 Å². The molecule has 19 heavy (non-hydrogen) atoms. The number of β-lactam (4-membered cyclic amide) rings is 1. The van der Waals surface area contributed by atoms with Gasteiger partial charge in [-0.3, -0.25) is 14.5 Å². The fraction of sp³-hybridized carbons (Fsp3) is 0.444. The van der Waals surface area contributed by atoms with Gasteiger partial charge in [-0.25, -0.2) is 4.79 Å². The number of carboxylic acids is 1. The van der Waals surface area contributed by atoms with Crippen LogP contribution in [-0.2, 0) is 14.4 Å². The smallest absolute Gasteiger partial charge is 0.471 e. The molecular formula is C9H7F3N2O4S. The van der Waals surface area contributed by atoms with E-state index in [0.717, 1.165) is 22.7 Å². The molecule has 0 radical (unpaired) electrons. The first-order chi connectivity index (χ1) is 8.70. The van der Waals surface area contributed by atoms with Gasteiger partial charge in [0.05, 0.1) is 17.2 Å². The van der Waals surface area contributed by atoms with Crippen molar-refractivity contribution in [1.29, 1.82) is 0 Å². The fourth-order valence-corrected chi connectivity index (χ4v) is 2.99. The van der Waals surface area contributed by atoms with Gasteiger partial charge in [0.2, 0.25) is 5.91 Å². The Morgan fingerprint density at radius 2 is 2.11 bits per heavy atom. The van der Waals surface area contributed by atoms with Crippen molar-refractivity contribution in [1.82, 2.24) is 10.2 Å². The van der Waals surface area contributed by atoms with Gasteiger partial charge >= 0.3 is 18.1 Å². The highest BCUT2D eigenvalue weighted by Gasteiger charge is 2.47. The van der Waals surface area contributed by atoms with Crippen LogP contribution in [0.25, 0.3) is 0 Å². The molecular weight excluding hydrogens is 289 g/mol. The van der Waals surface area contributed by atoms with Crippen LogP contribution in [0.3, 0.4) is 0 Å². The van der Waals surface area contributed by atoms with Crippen molar-refractivity contribution < 1.29 is 32.7 Å². The number of carbonyl (C=O) groups is 3. The maximum absolute atomic E-state index is 12.1. The minimum Gasteiger partial charge on any atom is -0.477 e. The highest BCUT2D eigenvalue weighted by Crippen LogP contribution is 2.39. The third-order valence-electron chi connectivity index (χ3n) is 2.53. The van der Waals surface area contributed by atoms with Gasteiger partial charge in [-0.1, -0.05) is 0 Å². The summed E-state index contributed by atoms with van der Waals surface area (Å²) in [6.07, 6.45) is -4.08. The minimum atomic E-state index is -5.04. The Balaban J connectivity index is 2.16. The van der Waals surface area contributed by atoms with Crippen LogP contribution in [0.1, 0.15) is 6.42 Å². The second-order valence-corrected chi connectivity index (χ2v) is 5.13. The normalized spacial score (nSPS) is 26.2. The number of carbonyl (C=O) groups excluding carboxylic acids is 2. The second-order valence-electron chi connectivity index (χ2n) is 3.81. The fourth-order valence-electron chi connectivity index (χ4n) is 1.68. The molecule has 1 saturated heterocycles. The molecule has 2 aliphatic heterocycles. The lowest BCUT2D eigenvalue weighted by atomic mass is 10.1. The predicted molar refractivity (Wildman–Crippen MR) is 56.5 cm³/mol. The zero-order valence-electron chi connectivity index (χ0n) is 9.10. The summed E-state index contributed by atoms with van der Waals surface area (Å²) in [6.45, 7) is 0. The van der Waals surface area contributed by atoms with Crippen LogP contribution >= 0.6 is 11.8 Å². The topological polar surface area (TPSA) is 86.7 Å². The number of nitrogens with zero attached hydrogens (tertiary/aromatic N) is 1. The minimum absolute atomic E-state index is 0.0354. The Kier molecular flexibility index (Phi) is 3.20. The van der Waals surface area contributed by atoms with Gasteiger partial charge in [0.25, 0.3) is 0 Å². The van der Waals surface area contributed by atoms with Gasteiger partial charge < -0.3 is 10.4 Å². The van der Waals surface area contributed by atoms with Gasteiger partial charge in [0.1, 0.15) is 5.70 Å². The Morgan fingerprint density at radius 1 is 1.47 bits per heavy atom. The summed E-state index contributed by atoms with van der Waals surface area (Å²) in [5, 5.41) is 8.86. The van der Waals surface area contributed by atoms with E-state index in [1.54, 1.807) is 5.32 Å². The lowest BCUT2D eigenvalue weighted by Crippen LogP contribution is -2.56.